The molecule has 4 aromatic rings. The van der Waals surface area contributed by atoms with Gasteiger partial charge in [0.2, 0.25) is 23.6 Å². The summed E-state index contributed by atoms with van der Waals surface area (Å²) >= 11 is 7.04. The molecule has 0 saturated carbocycles. The van der Waals surface area contributed by atoms with Crippen LogP contribution in [0.3, 0.4) is 0 Å². The number of amides is 2. The fourth-order valence-corrected chi connectivity index (χ4v) is 8.63. The molecule has 1 spiro atoms. The van der Waals surface area contributed by atoms with Crippen molar-refractivity contribution >= 4 is 23.4 Å². The molecule has 13 heteroatoms. The number of fused-ring (bicyclic) bond motifs is 1. The lowest BCUT2D eigenvalue weighted by molar-refractivity contribution is -0.157. The molecule has 270 valence electrons. The molecule has 5 heterocycles. The Kier molecular flexibility index (Phi) is 9.09. The van der Waals surface area contributed by atoms with Gasteiger partial charge < -0.3 is 25.0 Å². The lowest BCUT2D eigenvalue weighted by Gasteiger charge is -2.60. The molecule has 11 nitrogen and oxygen atoms in total. The van der Waals surface area contributed by atoms with Crippen molar-refractivity contribution in [1.29, 1.82) is 0 Å². The number of aryl methyl sites for hydroxylation is 1. The van der Waals surface area contributed by atoms with Crippen molar-refractivity contribution in [1.82, 2.24) is 35.4 Å². The summed E-state index contributed by atoms with van der Waals surface area (Å²) in [4.78, 5) is 41.7. The van der Waals surface area contributed by atoms with E-state index in [0.29, 0.717) is 69.9 Å². The summed E-state index contributed by atoms with van der Waals surface area (Å²) in [7, 11) is 3.15. The third kappa shape index (κ3) is 6.26. The largest absolute Gasteiger partial charge is 0.481 e. The molecule has 1 aliphatic carbocycles. The Morgan fingerprint density at radius 3 is 2.40 bits per heavy atom. The van der Waals surface area contributed by atoms with Crippen LogP contribution in [0.25, 0.3) is 33.6 Å². The van der Waals surface area contributed by atoms with Crippen LogP contribution in [0.2, 0.25) is 5.02 Å². The lowest BCUT2D eigenvalue weighted by atomic mass is 9.73. The minimum absolute atomic E-state index is 0.0350. The standard InChI is InChI=1S/C39H41ClFN7O4/c1-22(49)48-20-39(21-48)18-47(19-39)17-32-37(51-2)46-31(16-43-32)27-8-4-6-25(35(27)40)26-7-5-9-28(36(26)41)30-14-23-10-12-29(34(23)38(45-30)52-3)42-15-24-11-13-33(50)44-24/h4-9,14,16,24,29,42H,10-13,15,17-21H2,1-3H3,(H,44,50). The van der Waals surface area contributed by atoms with Crippen molar-refractivity contribution in [3.8, 4) is 45.4 Å². The van der Waals surface area contributed by atoms with Crippen LogP contribution in [0.5, 0.6) is 11.8 Å². The summed E-state index contributed by atoms with van der Waals surface area (Å²) in [5, 5.41) is 6.94. The highest BCUT2D eigenvalue weighted by atomic mass is 35.5. The van der Waals surface area contributed by atoms with Gasteiger partial charge in [-0.1, -0.05) is 41.9 Å². The Morgan fingerprint density at radius 2 is 1.69 bits per heavy atom. The smallest absolute Gasteiger partial charge is 0.237 e. The van der Waals surface area contributed by atoms with Gasteiger partial charge in [-0.25, -0.2) is 14.4 Å². The van der Waals surface area contributed by atoms with Crippen molar-refractivity contribution in [3.63, 3.8) is 0 Å². The number of pyridine rings is 1. The minimum atomic E-state index is -0.440. The third-order valence-corrected chi connectivity index (χ3v) is 11.3. The number of halogens is 2. The number of nitrogens with zero attached hydrogens (tertiary/aromatic N) is 5. The lowest BCUT2D eigenvalue weighted by Crippen LogP contribution is -2.72. The molecule has 0 radical (unpaired) electrons. The fraction of sp³-hybridized carbons (Fsp3) is 0.410. The van der Waals surface area contributed by atoms with E-state index in [0.717, 1.165) is 62.3 Å². The van der Waals surface area contributed by atoms with Gasteiger partial charge in [0.1, 0.15) is 11.5 Å². The fourth-order valence-electron chi connectivity index (χ4n) is 8.30. The number of aromatic nitrogens is 3. The summed E-state index contributed by atoms with van der Waals surface area (Å²) in [6.45, 7) is 6.27. The zero-order valence-corrected chi connectivity index (χ0v) is 30.2. The van der Waals surface area contributed by atoms with E-state index in [1.165, 1.54) is 0 Å². The molecule has 3 aliphatic heterocycles. The Balaban J connectivity index is 1.02. The summed E-state index contributed by atoms with van der Waals surface area (Å²) < 4.78 is 28.0. The van der Waals surface area contributed by atoms with Gasteiger partial charge in [-0.2, -0.15) is 0 Å². The number of hydrogen-bond donors (Lipinski definition) is 2. The molecule has 2 atom stereocenters. The van der Waals surface area contributed by atoms with Crippen LogP contribution in [0.4, 0.5) is 4.39 Å². The van der Waals surface area contributed by atoms with Crippen LogP contribution >= 0.6 is 11.6 Å². The van der Waals surface area contributed by atoms with Crippen LogP contribution in [-0.2, 0) is 22.6 Å². The SMILES string of the molecule is COc1nc(-c2cccc(-c3cccc(-c4cc5c(c(OC)n4)C(NCC4CCC(=O)N4)CC5)c3F)c2Cl)cnc1CN1CC2(C1)CN(C(C)=O)C2. The summed E-state index contributed by atoms with van der Waals surface area (Å²) in [6, 6.07) is 12.8. The zero-order chi connectivity index (χ0) is 36.1. The number of methoxy groups -OCH3 is 2. The predicted octanol–water partition coefficient (Wildman–Crippen LogP) is 5.20. The minimum Gasteiger partial charge on any atom is -0.481 e. The first-order valence-electron chi connectivity index (χ1n) is 17.7. The van der Waals surface area contributed by atoms with Crippen molar-refractivity contribution in [2.75, 3.05) is 46.9 Å². The normalized spacial score (nSPS) is 20.3. The monoisotopic (exact) mass is 725 g/mol. The molecule has 0 bridgehead atoms. The summed E-state index contributed by atoms with van der Waals surface area (Å²) in [5.41, 5.74) is 5.77. The van der Waals surface area contributed by atoms with Gasteiger partial charge in [-0.05, 0) is 37.0 Å². The molecular formula is C39H41ClFN7O4. The first-order valence-corrected chi connectivity index (χ1v) is 18.1. The Labute approximate surface area is 306 Å². The number of carbonyl (C=O) groups excluding carboxylic acids is 2. The van der Waals surface area contributed by atoms with E-state index in [1.807, 2.05) is 23.1 Å². The average Bonchev–Trinajstić information content (AvgIpc) is 3.73. The second-order valence-corrected chi connectivity index (χ2v) is 14.8. The number of benzene rings is 2. The third-order valence-electron chi connectivity index (χ3n) is 10.9. The molecule has 52 heavy (non-hydrogen) atoms. The maximum absolute atomic E-state index is 16.6. The van der Waals surface area contributed by atoms with Gasteiger partial charge in [0.25, 0.3) is 0 Å². The van der Waals surface area contributed by atoms with Crippen molar-refractivity contribution < 1.29 is 23.5 Å². The Hall–Kier alpha value is -4.65. The van der Waals surface area contributed by atoms with E-state index < -0.39 is 5.82 Å². The van der Waals surface area contributed by atoms with Crippen molar-refractivity contribution in [2.45, 2.75) is 51.2 Å². The first-order chi connectivity index (χ1) is 25.1. The van der Waals surface area contributed by atoms with Crippen LogP contribution in [0.1, 0.15) is 49.0 Å². The Morgan fingerprint density at radius 1 is 0.981 bits per heavy atom. The number of carbonyl (C=O) groups is 2. The first kappa shape index (κ1) is 34.4. The molecule has 3 fully saturated rings. The van der Waals surface area contributed by atoms with Crippen molar-refractivity contribution in [3.05, 3.63) is 76.3 Å². The van der Waals surface area contributed by atoms with E-state index >= 15 is 4.39 Å². The molecule has 4 aliphatic rings. The highest BCUT2D eigenvalue weighted by Gasteiger charge is 2.52. The maximum Gasteiger partial charge on any atom is 0.237 e. The quantitative estimate of drug-likeness (QED) is 0.227. The molecular weight excluding hydrogens is 685 g/mol. The van der Waals surface area contributed by atoms with Gasteiger partial charge in [0.05, 0.1) is 36.8 Å². The maximum atomic E-state index is 16.6. The molecule has 8 rings (SSSR count). The molecule has 2 aromatic heterocycles. The number of rotatable bonds is 10. The number of likely N-dealkylation sites (tertiary alicyclic amines) is 2. The van der Waals surface area contributed by atoms with Gasteiger partial charge in [-0.3, -0.25) is 19.5 Å². The molecule has 2 aromatic carbocycles. The van der Waals surface area contributed by atoms with Crippen LogP contribution in [0, 0.1) is 11.2 Å². The zero-order valence-electron chi connectivity index (χ0n) is 29.5. The average molecular weight is 726 g/mol. The number of hydrogen-bond acceptors (Lipinski definition) is 9. The van der Waals surface area contributed by atoms with Crippen LogP contribution < -0.4 is 20.1 Å². The Bertz CT molecular complexity index is 2060. The predicted molar refractivity (Wildman–Crippen MR) is 194 cm³/mol. The topological polar surface area (TPSA) is 122 Å². The molecule has 2 unspecified atom stereocenters. The molecule has 3 saturated heterocycles. The molecule has 2 N–H and O–H groups in total. The van der Waals surface area contributed by atoms with Crippen molar-refractivity contribution in [2.24, 2.45) is 5.41 Å². The summed E-state index contributed by atoms with van der Waals surface area (Å²) in [6.07, 6.45) is 4.71. The highest BCUT2D eigenvalue weighted by Crippen LogP contribution is 2.43. The van der Waals surface area contributed by atoms with E-state index in [9.17, 15) is 9.59 Å². The highest BCUT2D eigenvalue weighted by molar-refractivity contribution is 6.36. The van der Waals surface area contributed by atoms with Gasteiger partial charge in [0.15, 0.2) is 0 Å². The van der Waals surface area contributed by atoms with E-state index in [-0.39, 0.29) is 29.3 Å². The molecule has 2 amide bonds. The van der Waals surface area contributed by atoms with Crippen LogP contribution in [0.15, 0.2) is 48.7 Å². The second kappa shape index (κ2) is 13.7. The van der Waals surface area contributed by atoms with Gasteiger partial charge >= 0.3 is 0 Å². The summed E-state index contributed by atoms with van der Waals surface area (Å²) in [5.74, 6) is 0.651. The number of ether oxygens (including phenoxy) is 2. The van der Waals surface area contributed by atoms with Gasteiger partial charge in [0, 0.05) is 97.9 Å². The van der Waals surface area contributed by atoms with Crippen LogP contribution in [-0.4, -0.2) is 89.6 Å². The van der Waals surface area contributed by atoms with E-state index in [4.69, 9.17) is 36.0 Å². The van der Waals surface area contributed by atoms with Gasteiger partial charge in [-0.15, -0.1) is 0 Å². The number of nitrogens with one attached hydrogen (secondary N) is 2. The van der Waals surface area contributed by atoms with E-state index in [1.54, 1.807) is 51.6 Å². The van der Waals surface area contributed by atoms with E-state index in [2.05, 4.69) is 15.5 Å². The second-order valence-electron chi connectivity index (χ2n) is 14.5.